The summed E-state index contributed by atoms with van der Waals surface area (Å²) in [6, 6.07) is 11.7. The van der Waals surface area contributed by atoms with Crippen LogP contribution in [0.25, 0.3) is 0 Å². The number of rotatable bonds is 6. The summed E-state index contributed by atoms with van der Waals surface area (Å²) < 4.78 is 31.9. The number of nitro groups is 1. The van der Waals surface area contributed by atoms with E-state index in [4.69, 9.17) is 4.74 Å². The van der Waals surface area contributed by atoms with Gasteiger partial charge in [-0.15, -0.1) is 0 Å². The van der Waals surface area contributed by atoms with Gasteiger partial charge in [0.15, 0.2) is 4.90 Å². The Bertz CT molecular complexity index is 832. The minimum Gasteiger partial charge on any atom is -0.491 e. The van der Waals surface area contributed by atoms with E-state index in [2.05, 4.69) is 0 Å². The first-order valence-corrected chi connectivity index (χ1v) is 8.66. The van der Waals surface area contributed by atoms with Crippen LogP contribution < -0.4 is 9.04 Å². The summed E-state index contributed by atoms with van der Waals surface area (Å²) in [4.78, 5) is 10.0. The van der Waals surface area contributed by atoms with Crippen molar-refractivity contribution in [2.45, 2.75) is 24.8 Å². The Morgan fingerprint density at radius 3 is 2.21 bits per heavy atom. The molecule has 0 bridgehead atoms. The van der Waals surface area contributed by atoms with Crippen LogP contribution in [0.5, 0.6) is 5.75 Å². The summed E-state index contributed by atoms with van der Waals surface area (Å²) in [5.41, 5.74) is -0.0756. The Labute approximate surface area is 140 Å². The van der Waals surface area contributed by atoms with E-state index in [1.165, 1.54) is 31.3 Å². The highest BCUT2D eigenvalue weighted by Crippen LogP contribution is 2.29. The molecule has 8 heteroatoms. The molecule has 7 nitrogen and oxygen atoms in total. The molecule has 0 unspecified atom stereocenters. The lowest BCUT2D eigenvalue weighted by atomic mass is 10.3. The lowest BCUT2D eigenvalue weighted by Gasteiger charge is -2.20. The molecule has 0 aromatic heterocycles. The molecule has 0 saturated heterocycles. The summed E-state index contributed by atoms with van der Waals surface area (Å²) in [5.74, 6) is 0.616. The van der Waals surface area contributed by atoms with Crippen LogP contribution in [0.15, 0.2) is 53.4 Å². The number of anilines is 1. The van der Waals surface area contributed by atoms with Crippen LogP contribution in [0.4, 0.5) is 11.4 Å². The fourth-order valence-electron chi connectivity index (χ4n) is 2.12. The average Bonchev–Trinajstić information content (AvgIpc) is 2.54. The molecule has 0 aliphatic heterocycles. The Kier molecular flexibility index (Phi) is 5.08. The van der Waals surface area contributed by atoms with E-state index in [0.717, 1.165) is 4.31 Å². The quantitative estimate of drug-likeness (QED) is 0.589. The second-order valence-corrected chi connectivity index (χ2v) is 7.30. The van der Waals surface area contributed by atoms with Gasteiger partial charge in [-0.3, -0.25) is 14.4 Å². The molecule has 0 aliphatic carbocycles. The fraction of sp³-hybridized carbons (Fsp3) is 0.250. The van der Waals surface area contributed by atoms with Gasteiger partial charge < -0.3 is 4.74 Å². The third-order valence-corrected chi connectivity index (χ3v) is 5.11. The smallest absolute Gasteiger partial charge is 0.289 e. The van der Waals surface area contributed by atoms with Crippen LogP contribution in [0.3, 0.4) is 0 Å². The second-order valence-electron chi connectivity index (χ2n) is 5.36. The first kappa shape index (κ1) is 17.7. The van der Waals surface area contributed by atoms with E-state index in [-0.39, 0.29) is 11.0 Å². The highest BCUT2D eigenvalue weighted by atomic mass is 32.2. The number of ether oxygens (including phenoxy) is 1. The van der Waals surface area contributed by atoms with Crippen LogP contribution in [-0.2, 0) is 10.0 Å². The molecule has 2 aromatic rings. The maximum Gasteiger partial charge on any atom is 0.289 e. The van der Waals surface area contributed by atoms with Crippen molar-refractivity contribution in [3.8, 4) is 5.75 Å². The maximum atomic E-state index is 12.7. The molecule has 2 aromatic carbocycles. The Morgan fingerprint density at radius 2 is 1.67 bits per heavy atom. The summed E-state index contributed by atoms with van der Waals surface area (Å²) in [7, 11) is -2.70. The standard InChI is InChI=1S/C16H18N2O5S/c1-12(2)23-14-10-8-13(9-11-14)17(3)24(21,22)16-7-5-4-6-15(16)18(19)20/h4-12H,1-3H3. The first-order chi connectivity index (χ1) is 11.2. The Balaban J connectivity index is 2.38. The van der Waals surface area contributed by atoms with Gasteiger partial charge in [0.05, 0.1) is 16.7 Å². The SMILES string of the molecule is CC(C)Oc1ccc(N(C)S(=O)(=O)c2ccccc2[N+](=O)[O-])cc1. The van der Waals surface area contributed by atoms with Gasteiger partial charge in [0.1, 0.15) is 5.75 Å². The van der Waals surface area contributed by atoms with Gasteiger partial charge in [-0.05, 0) is 44.2 Å². The van der Waals surface area contributed by atoms with Crippen LogP contribution >= 0.6 is 0 Å². The molecular weight excluding hydrogens is 332 g/mol. The number of para-hydroxylation sites is 1. The molecule has 24 heavy (non-hydrogen) atoms. The summed E-state index contributed by atoms with van der Waals surface area (Å²) in [6.45, 7) is 3.78. The highest BCUT2D eigenvalue weighted by molar-refractivity contribution is 7.93. The number of hydrogen-bond donors (Lipinski definition) is 0. The fourth-order valence-corrected chi connectivity index (χ4v) is 3.47. The molecular formula is C16H18N2O5S. The van der Waals surface area contributed by atoms with Gasteiger partial charge in [-0.2, -0.15) is 0 Å². The zero-order valence-electron chi connectivity index (χ0n) is 13.5. The van der Waals surface area contributed by atoms with Crippen molar-refractivity contribution in [3.63, 3.8) is 0 Å². The molecule has 0 amide bonds. The van der Waals surface area contributed by atoms with Gasteiger partial charge in [0, 0.05) is 13.1 Å². The molecule has 128 valence electrons. The van der Waals surface area contributed by atoms with Crippen molar-refractivity contribution in [1.29, 1.82) is 0 Å². The van der Waals surface area contributed by atoms with Gasteiger partial charge in [-0.1, -0.05) is 12.1 Å². The van der Waals surface area contributed by atoms with Crippen LogP contribution in [0, 0.1) is 10.1 Å². The Morgan fingerprint density at radius 1 is 1.08 bits per heavy atom. The largest absolute Gasteiger partial charge is 0.491 e. The van der Waals surface area contributed by atoms with Gasteiger partial charge >= 0.3 is 0 Å². The average molecular weight is 350 g/mol. The van der Waals surface area contributed by atoms with E-state index >= 15 is 0 Å². The van der Waals surface area contributed by atoms with Crippen molar-refractivity contribution >= 4 is 21.4 Å². The maximum absolute atomic E-state index is 12.7. The topological polar surface area (TPSA) is 89.8 Å². The lowest BCUT2D eigenvalue weighted by Crippen LogP contribution is -2.27. The van der Waals surface area contributed by atoms with Crippen molar-refractivity contribution in [2.24, 2.45) is 0 Å². The van der Waals surface area contributed by atoms with Crippen molar-refractivity contribution in [1.82, 2.24) is 0 Å². The van der Waals surface area contributed by atoms with Crippen LogP contribution in [-0.4, -0.2) is 26.5 Å². The molecule has 0 spiro atoms. The number of nitrogens with zero attached hydrogens (tertiary/aromatic N) is 2. The molecule has 0 N–H and O–H groups in total. The summed E-state index contributed by atoms with van der Waals surface area (Å²) >= 11 is 0. The molecule has 0 aliphatic rings. The predicted octanol–water partition coefficient (Wildman–Crippen LogP) is 3.21. The lowest BCUT2D eigenvalue weighted by molar-refractivity contribution is -0.387. The molecule has 0 heterocycles. The number of benzene rings is 2. The van der Waals surface area contributed by atoms with Crippen molar-refractivity contribution in [3.05, 3.63) is 58.6 Å². The molecule has 0 atom stereocenters. The molecule has 2 rings (SSSR count). The zero-order chi connectivity index (χ0) is 17.9. The minimum atomic E-state index is -4.05. The molecule has 0 radical (unpaired) electrons. The number of hydrogen-bond acceptors (Lipinski definition) is 5. The minimum absolute atomic E-state index is 0.00396. The van der Waals surface area contributed by atoms with Crippen LogP contribution in [0.2, 0.25) is 0 Å². The zero-order valence-corrected chi connectivity index (χ0v) is 14.4. The second kappa shape index (κ2) is 6.88. The van der Waals surface area contributed by atoms with Gasteiger partial charge in [-0.25, -0.2) is 8.42 Å². The highest BCUT2D eigenvalue weighted by Gasteiger charge is 2.29. The third kappa shape index (κ3) is 3.65. The van der Waals surface area contributed by atoms with E-state index in [0.29, 0.717) is 11.4 Å². The molecule has 0 saturated carbocycles. The monoisotopic (exact) mass is 350 g/mol. The van der Waals surface area contributed by atoms with E-state index in [1.54, 1.807) is 24.3 Å². The Hall–Kier alpha value is -2.61. The van der Waals surface area contributed by atoms with Gasteiger partial charge in [0.25, 0.3) is 15.7 Å². The van der Waals surface area contributed by atoms with E-state index in [1.807, 2.05) is 13.8 Å². The number of nitro benzene ring substituents is 1. The van der Waals surface area contributed by atoms with Crippen LogP contribution in [0.1, 0.15) is 13.8 Å². The summed E-state index contributed by atoms with van der Waals surface area (Å²) in [6.07, 6.45) is 0.00396. The normalized spacial score (nSPS) is 11.3. The summed E-state index contributed by atoms with van der Waals surface area (Å²) in [5, 5.41) is 11.1. The third-order valence-electron chi connectivity index (χ3n) is 3.27. The first-order valence-electron chi connectivity index (χ1n) is 7.22. The van der Waals surface area contributed by atoms with E-state index < -0.39 is 20.6 Å². The molecule has 0 fully saturated rings. The van der Waals surface area contributed by atoms with Crippen molar-refractivity contribution in [2.75, 3.05) is 11.4 Å². The predicted molar refractivity (Wildman–Crippen MR) is 90.9 cm³/mol. The van der Waals surface area contributed by atoms with E-state index in [9.17, 15) is 18.5 Å². The number of sulfonamides is 1. The van der Waals surface area contributed by atoms with Gasteiger partial charge in [0.2, 0.25) is 0 Å². The van der Waals surface area contributed by atoms with Crippen molar-refractivity contribution < 1.29 is 18.1 Å².